The standard InChI is InChI=1S/C31H34N8O/c1-20-17-22(19-32-18-20)35-31-34-15-12-26(36-31)25-8-6-14-33-30(25)40-29-21(2)10-11-23-24(29)7-5-9-27(23)39(4)28-13-16-38(3)37-28/h5-16,20,22,32H,17-19H2,1-4H3,(H,34,35,36)/t20-,22+/m1/s1. The summed E-state index contributed by atoms with van der Waals surface area (Å²) in [6.45, 7) is 6.26. The van der Waals surface area contributed by atoms with Crippen molar-refractivity contribution in [3.8, 4) is 22.9 Å². The lowest BCUT2D eigenvalue weighted by Gasteiger charge is -2.28. The average molecular weight is 535 g/mol. The smallest absolute Gasteiger partial charge is 0.228 e. The van der Waals surface area contributed by atoms with Crippen molar-refractivity contribution >= 4 is 28.2 Å². The van der Waals surface area contributed by atoms with Crippen molar-refractivity contribution in [2.24, 2.45) is 13.0 Å². The summed E-state index contributed by atoms with van der Waals surface area (Å²) in [5.74, 6) is 3.36. The second-order valence-corrected chi connectivity index (χ2v) is 10.6. The molecule has 2 atom stereocenters. The molecule has 2 aromatic carbocycles. The molecule has 0 radical (unpaired) electrons. The Kier molecular flexibility index (Phi) is 7.04. The molecule has 5 aromatic rings. The van der Waals surface area contributed by atoms with Crippen LogP contribution in [0.15, 0.2) is 73.2 Å². The highest BCUT2D eigenvalue weighted by molar-refractivity contribution is 6.00. The molecule has 1 aliphatic heterocycles. The third-order valence-corrected chi connectivity index (χ3v) is 7.40. The number of hydrogen-bond donors (Lipinski definition) is 2. The van der Waals surface area contributed by atoms with E-state index < -0.39 is 0 Å². The van der Waals surface area contributed by atoms with Gasteiger partial charge in [-0.1, -0.05) is 31.2 Å². The SMILES string of the molecule is Cc1ccc2c(N(C)c3ccn(C)n3)cccc2c1Oc1ncccc1-c1ccnc(N[C@@H]2CNC[C@H](C)C2)n1. The van der Waals surface area contributed by atoms with E-state index >= 15 is 0 Å². The van der Waals surface area contributed by atoms with Gasteiger partial charge in [-0.2, -0.15) is 5.10 Å². The van der Waals surface area contributed by atoms with Crippen LogP contribution in [0.1, 0.15) is 18.9 Å². The molecule has 0 amide bonds. The molecule has 0 bridgehead atoms. The third-order valence-electron chi connectivity index (χ3n) is 7.40. The highest BCUT2D eigenvalue weighted by atomic mass is 16.5. The first-order chi connectivity index (χ1) is 19.5. The Morgan fingerprint density at radius 2 is 1.90 bits per heavy atom. The van der Waals surface area contributed by atoms with Crippen molar-refractivity contribution in [3.63, 3.8) is 0 Å². The minimum absolute atomic E-state index is 0.292. The number of anilines is 3. The lowest BCUT2D eigenvalue weighted by Crippen LogP contribution is -2.42. The molecule has 9 nitrogen and oxygen atoms in total. The summed E-state index contributed by atoms with van der Waals surface area (Å²) in [6, 6.07) is 18.5. The highest BCUT2D eigenvalue weighted by Gasteiger charge is 2.20. The van der Waals surface area contributed by atoms with Crippen LogP contribution in [0.3, 0.4) is 0 Å². The Labute approximate surface area is 234 Å². The van der Waals surface area contributed by atoms with Crippen LogP contribution in [-0.4, -0.2) is 50.9 Å². The number of pyridine rings is 1. The topological polar surface area (TPSA) is 93.0 Å². The summed E-state index contributed by atoms with van der Waals surface area (Å²) in [7, 11) is 3.95. The van der Waals surface area contributed by atoms with Crippen LogP contribution < -0.4 is 20.3 Å². The van der Waals surface area contributed by atoms with Gasteiger partial charge < -0.3 is 20.3 Å². The number of aromatic nitrogens is 5. The highest BCUT2D eigenvalue weighted by Crippen LogP contribution is 2.40. The molecule has 0 aliphatic carbocycles. The first kappa shape index (κ1) is 25.8. The fourth-order valence-corrected chi connectivity index (χ4v) is 5.35. The van der Waals surface area contributed by atoms with Gasteiger partial charge in [0.2, 0.25) is 11.8 Å². The molecule has 9 heteroatoms. The van der Waals surface area contributed by atoms with Gasteiger partial charge in [0.15, 0.2) is 5.82 Å². The molecule has 0 spiro atoms. The zero-order valence-electron chi connectivity index (χ0n) is 23.3. The maximum atomic E-state index is 6.62. The Morgan fingerprint density at radius 1 is 1.00 bits per heavy atom. The number of nitrogens with zero attached hydrogens (tertiary/aromatic N) is 6. The Hall–Kier alpha value is -4.50. The molecule has 1 aliphatic rings. The number of fused-ring (bicyclic) bond motifs is 1. The average Bonchev–Trinajstić information content (AvgIpc) is 3.40. The number of rotatable bonds is 7. The summed E-state index contributed by atoms with van der Waals surface area (Å²) in [6.07, 6.45) is 6.55. The van der Waals surface area contributed by atoms with E-state index in [-0.39, 0.29) is 0 Å². The van der Waals surface area contributed by atoms with Gasteiger partial charge in [0.1, 0.15) is 5.75 Å². The van der Waals surface area contributed by atoms with Gasteiger partial charge in [0.25, 0.3) is 0 Å². The molecule has 1 fully saturated rings. The fourth-order valence-electron chi connectivity index (χ4n) is 5.35. The number of aryl methyl sites for hydroxylation is 2. The van der Waals surface area contributed by atoms with Crippen molar-refractivity contribution in [2.45, 2.75) is 26.3 Å². The Morgan fingerprint density at radius 3 is 2.73 bits per heavy atom. The summed E-state index contributed by atoms with van der Waals surface area (Å²) < 4.78 is 8.42. The van der Waals surface area contributed by atoms with Crippen LogP contribution in [0.25, 0.3) is 22.0 Å². The van der Waals surface area contributed by atoms with E-state index in [1.165, 1.54) is 0 Å². The van der Waals surface area contributed by atoms with Crippen LogP contribution in [-0.2, 0) is 7.05 Å². The second-order valence-electron chi connectivity index (χ2n) is 10.6. The van der Waals surface area contributed by atoms with E-state index in [1.54, 1.807) is 17.1 Å². The van der Waals surface area contributed by atoms with Gasteiger partial charge in [0, 0.05) is 62.1 Å². The van der Waals surface area contributed by atoms with Gasteiger partial charge in [-0.25, -0.2) is 15.0 Å². The molecule has 2 N–H and O–H groups in total. The maximum Gasteiger partial charge on any atom is 0.228 e. The van der Waals surface area contributed by atoms with Crippen LogP contribution in [0.2, 0.25) is 0 Å². The minimum atomic E-state index is 0.292. The van der Waals surface area contributed by atoms with E-state index in [0.717, 1.165) is 64.4 Å². The molecule has 0 unspecified atom stereocenters. The zero-order chi connectivity index (χ0) is 27.6. The number of hydrogen-bond acceptors (Lipinski definition) is 8. The largest absolute Gasteiger partial charge is 0.437 e. The fraction of sp³-hybridized carbons (Fsp3) is 0.290. The quantitative estimate of drug-likeness (QED) is 0.275. The van der Waals surface area contributed by atoms with Crippen molar-refractivity contribution < 1.29 is 4.74 Å². The van der Waals surface area contributed by atoms with E-state index in [9.17, 15) is 0 Å². The molecule has 40 heavy (non-hydrogen) atoms. The lowest BCUT2D eigenvalue weighted by atomic mass is 9.98. The minimum Gasteiger partial charge on any atom is -0.437 e. The van der Waals surface area contributed by atoms with Gasteiger partial charge in [-0.15, -0.1) is 0 Å². The summed E-state index contributed by atoms with van der Waals surface area (Å²) in [5.41, 5.74) is 3.62. The summed E-state index contributed by atoms with van der Waals surface area (Å²) in [4.78, 5) is 16.0. The van der Waals surface area contributed by atoms with Crippen LogP contribution in [0.4, 0.5) is 17.5 Å². The molecule has 204 valence electrons. The maximum absolute atomic E-state index is 6.62. The van der Waals surface area contributed by atoms with E-state index in [4.69, 9.17) is 9.72 Å². The van der Waals surface area contributed by atoms with Gasteiger partial charge in [-0.05, 0) is 55.6 Å². The van der Waals surface area contributed by atoms with Crippen LogP contribution in [0, 0.1) is 12.8 Å². The predicted octanol–water partition coefficient (Wildman–Crippen LogP) is 5.70. The lowest BCUT2D eigenvalue weighted by molar-refractivity contribution is 0.377. The monoisotopic (exact) mass is 534 g/mol. The molecule has 0 saturated carbocycles. The molecular weight excluding hydrogens is 500 g/mol. The van der Waals surface area contributed by atoms with Crippen molar-refractivity contribution in [1.82, 2.24) is 30.0 Å². The molecule has 1 saturated heterocycles. The molecule has 6 rings (SSSR count). The number of benzene rings is 2. The molecular formula is C31H34N8O. The molecule has 4 heterocycles. The molecule has 3 aromatic heterocycles. The van der Waals surface area contributed by atoms with Crippen LogP contribution >= 0.6 is 0 Å². The Balaban J connectivity index is 1.34. The van der Waals surface area contributed by atoms with E-state index in [1.807, 2.05) is 50.6 Å². The van der Waals surface area contributed by atoms with Crippen molar-refractivity contribution in [1.29, 1.82) is 0 Å². The normalized spacial score (nSPS) is 17.1. The second kappa shape index (κ2) is 10.9. The number of ether oxygens (including phenoxy) is 1. The third kappa shape index (κ3) is 5.20. The number of piperidine rings is 1. The van der Waals surface area contributed by atoms with Crippen LogP contribution in [0.5, 0.6) is 11.6 Å². The first-order valence-corrected chi connectivity index (χ1v) is 13.7. The van der Waals surface area contributed by atoms with Crippen molar-refractivity contribution in [2.75, 3.05) is 30.4 Å². The first-order valence-electron chi connectivity index (χ1n) is 13.7. The summed E-state index contributed by atoms with van der Waals surface area (Å²) >= 11 is 0. The van der Waals surface area contributed by atoms with E-state index in [0.29, 0.717) is 23.8 Å². The van der Waals surface area contributed by atoms with Gasteiger partial charge >= 0.3 is 0 Å². The van der Waals surface area contributed by atoms with Gasteiger partial charge in [0.05, 0.1) is 16.9 Å². The van der Waals surface area contributed by atoms with Crippen molar-refractivity contribution in [3.05, 3.63) is 78.8 Å². The Bertz CT molecular complexity index is 1650. The number of nitrogens with one attached hydrogen (secondary N) is 2. The zero-order valence-corrected chi connectivity index (χ0v) is 23.3. The van der Waals surface area contributed by atoms with E-state index in [2.05, 4.69) is 68.7 Å². The predicted molar refractivity (Wildman–Crippen MR) is 159 cm³/mol. The van der Waals surface area contributed by atoms with Gasteiger partial charge in [-0.3, -0.25) is 4.68 Å². The summed E-state index contributed by atoms with van der Waals surface area (Å²) in [5, 5.41) is 13.6.